The number of sulfonamides is 1. The third kappa shape index (κ3) is 4.32. The summed E-state index contributed by atoms with van der Waals surface area (Å²) in [5.41, 5.74) is 0.692. The molecule has 26 heavy (non-hydrogen) atoms. The minimum atomic E-state index is -3.31. The number of rotatable bonds is 5. The Bertz CT molecular complexity index is 868. The fraction of sp³-hybridized carbons (Fsp3) is 0.647. The molecule has 1 saturated carbocycles. The Labute approximate surface area is 152 Å². The summed E-state index contributed by atoms with van der Waals surface area (Å²) < 4.78 is 44.9. The van der Waals surface area contributed by atoms with Gasteiger partial charge in [-0.2, -0.15) is 4.98 Å². The van der Waals surface area contributed by atoms with E-state index in [1.165, 1.54) is 6.07 Å². The number of anilines is 1. The van der Waals surface area contributed by atoms with Crippen LogP contribution in [0.2, 0.25) is 0 Å². The molecule has 1 fully saturated rings. The van der Waals surface area contributed by atoms with Crippen LogP contribution in [0.25, 0.3) is 11.2 Å². The molecule has 0 unspecified atom stereocenters. The Kier molecular flexibility index (Phi) is 5.21. The normalized spacial score (nSPS) is 21.8. The van der Waals surface area contributed by atoms with E-state index in [2.05, 4.69) is 20.0 Å². The quantitative estimate of drug-likeness (QED) is 0.822. The van der Waals surface area contributed by atoms with Crippen molar-refractivity contribution >= 4 is 27.3 Å². The van der Waals surface area contributed by atoms with Crippen LogP contribution in [0.3, 0.4) is 0 Å². The van der Waals surface area contributed by atoms with E-state index in [0.717, 1.165) is 31.9 Å². The minimum Gasteiger partial charge on any atom is -0.404 e. The largest absolute Gasteiger partial charge is 0.404 e. The second kappa shape index (κ2) is 7.11. The zero-order chi connectivity index (χ0) is 18.9. The van der Waals surface area contributed by atoms with Gasteiger partial charge in [-0.1, -0.05) is 0 Å². The summed E-state index contributed by atoms with van der Waals surface area (Å²) in [4.78, 5) is 8.07. The summed E-state index contributed by atoms with van der Waals surface area (Å²) in [6.45, 7) is 5.55. The fourth-order valence-electron chi connectivity index (χ4n) is 2.99. The molecular weight excluding hydrogens is 359 g/mol. The number of aromatic nitrogens is 2. The number of hydrogen-bond donors (Lipinski definition) is 2. The topological polar surface area (TPSA) is 97.1 Å². The standard InChI is InChI=1S/C17H25FN4O3S/c1-17(2,3)26(23,24)20-9-11-4-6-13(7-5-11)21-16-22-14-8-12(18)10-19-15(14)25-16/h8,10-11,13,20H,4-7,9H2,1-3H3,(H,21,22). The van der Waals surface area contributed by atoms with Gasteiger partial charge in [-0.3, -0.25) is 0 Å². The summed E-state index contributed by atoms with van der Waals surface area (Å²) in [7, 11) is -3.31. The fourth-order valence-corrected chi connectivity index (χ4v) is 3.88. The van der Waals surface area contributed by atoms with Gasteiger partial charge in [-0.15, -0.1) is 0 Å². The van der Waals surface area contributed by atoms with Crippen LogP contribution in [-0.2, 0) is 10.0 Å². The molecular formula is C17H25FN4O3S. The molecule has 0 saturated heterocycles. The van der Waals surface area contributed by atoms with Gasteiger partial charge in [0, 0.05) is 18.7 Å². The van der Waals surface area contributed by atoms with Crippen molar-refractivity contribution in [1.82, 2.24) is 14.7 Å². The second-order valence-electron chi connectivity index (χ2n) is 7.82. The monoisotopic (exact) mass is 384 g/mol. The first kappa shape index (κ1) is 19.0. The molecule has 2 heterocycles. The lowest BCUT2D eigenvalue weighted by Crippen LogP contribution is -2.42. The number of oxazole rings is 1. The predicted molar refractivity (Wildman–Crippen MR) is 97.8 cm³/mol. The summed E-state index contributed by atoms with van der Waals surface area (Å²) in [5.74, 6) is -0.125. The zero-order valence-corrected chi connectivity index (χ0v) is 16.1. The Balaban J connectivity index is 1.50. The summed E-state index contributed by atoms with van der Waals surface area (Å²) in [5, 5.41) is 3.23. The molecule has 7 nitrogen and oxygen atoms in total. The van der Waals surface area contributed by atoms with Crippen molar-refractivity contribution in [2.45, 2.75) is 57.2 Å². The highest BCUT2D eigenvalue weighted by Gasteiger charge is 2.30. The number of fused-ring (bicyclic) bond motifs is 1. The number of hydrogen-bond acceptors (Lipinski definition) is 6. The molecule has 0 aliphatic heterocycles. The molecule has 0 radical (unpaired) electrons. The van der Waals surface area contributed by atoms with Crippen LogP contribution in [0.15, 0.2) is 16.7 Å². The molecule has 2 aromatic heterocycles. The molecule has 3 rings (SSSR count). The smallest absolute Gasteiger partial charge is 0.297 e. The SMILES string of the molecule is CC(C)(C)S(=O)(=O)NCC1CCC(Nc2nc3cc(F)cnc3o2)CC1. The van der Waals surface area contributed by atoms with E-state index in [4.69, 9.17) is 4.42 Å². The molecule has 2 N–H and O–H groups in total. The summed E-state index contributed by atoms with van der Waals surface area (Å²) >= 11 is 0. The van der Waals surface area contributed by atoms with Gasteiger partial charge in [0.2, 0.25) is 15.7 Å². The molecule has 0 spiro atoms. The van der Waals surface area contributed by atoms with Crippen molar-refractivity contribution in [1.29, 1.82) is 0 Å². The van der Waals surface area contributed by atoms with E-state index in [0.29, 0.717) is 29.7 Å². The van der Waals surface area contributed by atoms with Crippen LogP contribution in [0.5, 0.6) is 0 Å². The van der Waals surface area contributed by atoms with Gasteiger partial charge in [0.1, 0.15) is 11.3 Å². The third-order valence-corrected chi connectivity index (χ3v) is 6.92. The van der Waals surface area contributed by atoms with Crippen molar-refractivity contribution in [2.75, 3.05) is 11.9 Å². The Morgan fingerprint density at radius 1 is 1.27 bits per heavy atom. The van der Waals surface area contributed by atoms with Crippen molar-refractivity contribution in [2.24, 2.45) is 5.92 Å². The van der Waals surface area contributed by atoms with E-state index in [9.17, 15) is 12.8 Å². The summed E-state index contributed by atoms with van der Waals surface area (Å²) in [6.07, 6.45) is 4.71. The van der Waals surface area contributed by atoms with Gasteiger partial charge in [0.15, 0.2) is 0 Å². The van der Waals surface area contributed by atoms with Crippen molar-refractivity contribution in [3.8, 4) is 0 Å². The van der Waals surface area contributed by atoms with Gasteiger partial charge in [-0.05, 0) is 52.4 Å². The van der Waals surface area contributed by atoms with E-state index in [1.807, 2.05) is 0 Å². The predicted octanol–water partition coefficient (Wildman–Crippen LogP) is 3.05. The van der Waals surface area contributed by atoms with Crippen LogP contribution < -0.4 is 10.0 Å². The van der Waals surface area contributed by atoms with Gasteiger partial charge in [0.25, 0.3) is 6.01 Å². The molecule has 0 atom stereocenters. The van der Waals surface area contributed by atoms with Crippen molar-refractivity contribution < 1.29 is 17.2 Å². The number of nitrogens with one attached hydrogen (secondary N) is 2. The molecule has 0 bridgehead atoms. The Morgan fingerprint density at radius 3 is 2.62 bits per heavy atom. The number of pyridine rings is 1. The van der Waals surface area contributed by atoms with Crippen LogP contribution >= 0.6 is 0 Å². The van der Waals surface area contributed by atoms with Crippen molar-refractivity contribution in [3.05, 3.63) is 18.1 Å². The lowest BCUT2D eigenvalue weighted by Gasteiger charge is -2.29. The molecule has 2 aromatic rings. The van der Waals surface area contributed by atoms with E-state index < -0.39 is 20.6 Å². The maximum absolute atomic E-state index is 13.2. The maximum atomic E-state index is 13.2. The lowest BCUT2D eigenvalue weighted by molar-refractivity contribution is 0.333. The van der Waals surface area contributed by atoms with E-state index in [-0.39, 0.29) is 6.04 Å². The molecule has 1 aliphatic rings. The first-order valence-electron chi connectivity index (χ1n) is 8.82. The first-order chi connectivity index (χ1) is 12.1. The highest BCUT2D eigenvalue weighted by molar-refractivity contribution is 7.90. The Morgan fingerprint density at radius 2 is 1.96 bits per heavy atom. The third-order valence-electron chi connectivity index (χ3n) is 4.76. The summed E-state index contributed by atoms with van der Waals surface area (Å²) in [6, 6.07) is 1.83. The van der Waals surface area contributed by atoms with Crippen LogP contribution in [0, 0.1) is 11.7 Å². The van der Waals surface area contributed by atoms with E-state index >= 15 is 0 Å². The molecule has 9 heteroatoms. The highest BCUT2D eigenvalue weighted by atomic mass is 32.2. The average molecular weight is 384 g/mol. The van der Waals surface area contributed by atoms with Crippen LogP contribution in [0.4, 0.5) is 10.4 Å². The minimum absolute atomic E-state index is 0.198. The van der Waals surface area contributed by atoms with Crippen LogP contribution in [0.1, 0.15) is 46.5 Å². The number of nitrogens with zero attached hydrogens (tertiary/aromatic N) is 2. The van der Waals surface area contributed by atoms with E-state index in [1.54, 1.807) is 20.8 Å². The highest BCUT2D eigenvalue weighted by Crippen LogP contribution is 2.27. The van der Waals surface area contributed by atoms with Crippen molar-refractivity contribution in [3.63, 3.8) is 0 Å². The molecule has 144 valence electrons. The zero-order valence-electron chi connectivity index (χ0n) is 15.3. The molecule has 0 aromatic carbocycles. The van der Waals surface area contributed by atoms with Crippen LogP contribution in [-0.4, -0.2) is 35.7 Å². The first-order valence-corrected chi connectivity index (χ1v) is 10.3. The van der Waals surface area contributed by atoms with Gasteiger partial charge < -0.3 is 9.73 Å². The molecule has 0 amide bonds. The number of halogens is 1. The second-order valence-corrected chi connectivity index (χ2v) is 10.3. The maximum Gasteiger partial charge on any atom is 0.297 e. The van der Waals surface area contributed by atoms with Gasteiger partial charge in [-0.25, -0.2) is 22.5 Å². The van der Waals surface area contributed by atoms with Gasteiger partial charge in [0.05, 0.1) is 10.9 Å². The van der Waals surface area contributed by atoms with Gasteiger partial charge >= 0.3 is 0 Å². The molecule has 1 aliphatic carbocycles. The lowest BCUT2D eigenvalue weighted by atomic mass is 9.86. The Hall–Kier alpha value is -1.74. The average Bonchev–Trinajstić information content (AvgIpc) is 2.94.